The summed E-state index contributed by atoms with van der Waals surface area (Å²) in [5.41, 5.74) is 2.27. The van der Waals surface area contributed by atoms with Gasteiger partial charge in [-0.1, -0.05) is 41.4 Å². The Bertz CT molecular complexity index is 962. The van der Waals surface area contributed by atoms with Crippen molar-refractivity contribution < 1.29 is 14.7 Å². The van der Waals surface area contributed by atoms with Crippen LogP contribution in [-0.2, 0) is 17.9 Å². The van der Waals surface area contributed by atoms with E-state index in [1.807, 2.05) is 31.2 Å². The van der Waals surface area contributed by atoms with E-state index < -0.39 is 5.97 Å². The summed E-state index contributed by atoms with van der Waals surface area (Å²) >= 11 is 6.15. The van der Waals surface area contributed by atoms with Gasteiger partial charge >= 0.3 is 5.97 Å². The molecule has 8 nitrogen and oxygen atoms in total. The molecule has 1 aromatic carbocycles. The molecule has 0 aliphatic carbocycles. The standard InChI is InChI=1S/C18H18ClN5O3/c1-12-2-4-13(5-3-12)10-23-11-14(19)17(22-23)21-16(25)7-9-24-15(18(26)27)6-8-20-24/h2-6,8,11H,7,9-10H2,1H3,(H,26,27)(H,21,22,25). The van der Waals surface area contributed by atoms with E-state index in [9.17, 15) is 9.59 Å². The molecular weight excluding hydrogens is 370 g/mol. The minimum absolute atomic E-state index is 0.0307. The van der Waals surface area contributed by atoms with Crippen molar-refractivity contribution in [2.75, 3.05) is 5.32 Å². The van der Waals surface area contributed by atoms with Gasteiger partial charge in [0.2, 0.25) is 5.91 Å². The molecule has 0 atom stereocenters. The van der Waals surface area contributed by atoms with E-state index in [0.717, 1.165) is 5.56 Å². The largest absolute Gasteiger partial charge is 0.477 e. The maximum absolute atomic E-state index is 12.1. The number of aryl methyl sites for hydroxylation is 2. The first kappa shape index (κ1) is 18.7. The van der Waals surface area contributed by atoms with Gasteiger partial charge in [0, 0.05) is 18.8 Å². The number of hydrogen-bond acceptors (Lipinski definition) is 4. The second-order valence-electron chi connectivity index (χ2n) is 6.05. The Morgan fingerprint density at radius 1 is 1.22 bits per heavy atom. The monoisotopic (exact) mass is 387 g/mol. The number of carboxylic acids is 1. The number of nitrogens with zero attached hydrogens (tertiary/aromatic N) is 4. The first-order chi connectivity index (χ1) is 12.9. The highest BCUT2D eigenvalue weighted by atomic mass is 35.5. The van der Waals surface area contributed by atoms with Crippen LogP contribution >= 0.6 is 11.6 Å². The Morgan fingerprint density at radius 3 is 2.67 bits per heavy atom. The number of nitrogens with one attached hydrogen (secondary N) is 1. The zero-order chi connectivity index (χ0) is 19.4. The molecule has 9 heteroatoms. The highest BCUT2D eigenvalue weighted by Crippen LogP contribution is 2.20. The number of benzene rings is 1. The average molecular weight is 388 g/mol. The SMILES string of the molecule is Cc1ccc(Cn2cc(Cl)c(NC(=O)CCn3nccc3C(=O)O)n2)cc1. The van der Waals surface area contributed by atoms with Crippen molar-refractivity contribution in [3.63, 3.8) is 0 Å². The number of anilines is 1. The molecule has 0 aliphatic heterocycles. The highest BCUT2D eigenvalue weighted by Gasteiger charge is 2.14. The van der Waals surface area contributed by atoms with Gasteiger partial charge in [0.25, 0.3) is 0 Å². The van der Waals surface area contributed by atoms with Crippen molar-refractivity contribution in [2.24, 2.45) is 0 Å². The quantitative estimate of drug-likeness (QED) is 0.649. The van der Waals surface area contributed by atoms with E-state index in [2.05, 4.69) is 15.5 Å². The van der Waals surface area contributed by atoms with Crippen LogP contribution in [0.2, 0.25) is 5.02 Å². The second kappa shape index (κ2) is 8.05. The number of aromatic nitrogens is 4. The third-order valence-corrected chi connectivity index (χ3v) is 4.20. The summed E-state index contributed by atoms with van der Waals surface area (Å²) in [4.78, 5) is 23.2. The number of aromatic carboxylic acids is 1. The van der Waals surface area contributed by atoms with Crippen LogP contribution in [0.25, 0.3) is 0 Å². The summed E-state index contributed by atoms with van der Waals surface area (Å²) in [5.74, 6) is -1.15. The summed E-state index contributed by atoms with van der Waals surface area (Å²) in [7, 11) is 0. The molecular formula is C18H18ClN5O3. The van der Waals surface area contributed by atoms with Gasteiger partial charge < -0.3 is 10.4 Å². The number of amides is 1. The summed E-state index contributed by atoms with van der Waals surface area (Å²) in [6, 6.07) is 9.43. The molecule has 140 valence electrons. The topological polar surface area (TPSA) is 102 Å². The molecule has 2 aromatic heterocycles. The van der Waals surface area contributed by atoms with Gasteiger partial charge in [-0.2, -0.15) is 10.2 Å². The van der Waals surface area contributed by atoms with Crippen LogP contribution in [0.3, 0.4) is 0 Å². The number of carboxylic acid groups (broad SMARTS) is 1. The minimum Gasteiger partial charge on any atom is -0.477 e. The molecule has 0 aliphatic rings. The Hall–Kier alpha value is -3.13. The van der Waals surface area contributed by atoms with Crippen LogP contribution in [0.4, 0.5) is 5.82 Å². The van der Waals surface area contributed by atoms with E-state index in [1.54, 1.807) is 10.9 Å². The molecule has 3 aromatic rings. The third-order valence-electron chi connectivity index (χ3n) is 3.93. The molecule has 2 N–H and O–H groups in total. The van der Waals surface area contributed by atoms with E-state index >= 15 is 0 Å². The predicted molar refractivity (Wildman–Crippen MR) is 100.0 cm³/mol. The van der Waals surface area contributed by atoms with Crippen LogP contribution < -0.4 is 5.32 Å². The van der Waals surface area contributed by atoms with E-state index in [4.69, 9.17) is 16.7 Å². The smallest absolute Gasteiger partial charge is 0.354 e. The fourth-order valence-corrected chi connectivity index (χ4v) is 2.74. The van der Waals surface area contributed by atoms with Crippen molar-refractivity contribution in [2.45, 2.75) is 26.4 Å². The molecule has 0 spiro atoms. The van der Waals surface area contributed by atoms with Gasteiger partial charge in [-0.05, 0) is 18.6 Å². The molecule has 0 saturated carbocycles. The first-order valence-electron chi connectivity index (χ1n) is 8.26. The lowest BCUT2D eigenvalue weighted by Crippen LogP contribution is -2.18. The maximum Gasteiger partial charge on any atom is 0.354 e. The molecule has 3 rings (SSSR count). The lowest BCUT2D eigenvalue weighted by atomic mass is 10.1. The number of halogens is 1. The van der Waals surface area contributed by atoms with Gasteiger partial charge in [0.15, 0.2) is 5.82 Å². The van der Waals surface area contributed by atoms with Crippen molar-refractivity contribution in [3.05, 3.63) is 64.6 Å². The summed E-state index contributed by atoms with van der Waals surface area (Å²) < 4.78 is 2.91. The van der Waals surface area contributed by atoms with E-state index in [0.29, 0.717) is 11.6 Å². The van der Waals surface area contributed by atoms with Gasteiger partial charge in [-0.3, -0.25) is 14.2 Å². The first-order valence-corrected chi connectivity index (χ1v) is 8.63. The molecule has 0 fully saturated rings. The zero-order valence-corrected chi connectivity index (χ0v) is 15.3. The summed E-state index contributed by atoms with van der Waals surface area (Å²) in [6.45, 7) is 2.69. The Morgan fingerprint density at radius 2 is 1.96 bits per heavy atom. The third kappa shape index (κ3) is 4.73. The maximum atomic E-state index is 12.1. The Labute approximate surface area is 160 Å². The number of carbonyl (C=O) groups is 2. The average Bonchev–Trinajstić information content (AvgIpc) is 3.22. The van der Waals surface area contributed by atoms with Crippen LogP contribution in [0, 0.1) is 6.92 Å². The highest BCUT2D eigenvalue weighted by molar-refractivity contribution is 6.33. The van der Waals surface area contributed by atoms with Crippen molar-refractivity contribution in [3.8, 4) is 0 Å². The van der Waals surface area contributed by atoms with Gasteiger partial charge in [-0.15, -0.1) is 0 Å². The number of hydrogen-bond donors (Lipinski definition) is 2. The van der Waals surface area contributed by atoms with Crippen LogP contribution in [-0.4, -0.2) is 36.5 Å². The van der Waals surface area contributed by atoms with Crippen LogP contribution in [0.15, 0.2) is 42.7 Å². The van der Waals surface area contributed by atoms with E-state index in [-0.39, 0.29) is 30.4 Å². The molecule has 0 saturated heterocycles. The molecule has 0 unspecified atom stereocenters. The lowest BCUT2D eigenvalue weighted by Gasteiger charge is -2.05. The number of rotatable bonds is 7. The fourth-order valence-electron chi connectivity index (χ4n) is 2.54. The Kier molecular flexibility index (Phi) is 5.56. The molecule has 1 amide bonds. The molecule has 2 heterocycles. The molecule has 0 bridgehead atoms. The van der Waals surface area contributed by atoms with Crippen LogP contribution in [0.5, 0.6) is 0 Å². The predicted octanol–water partition coefficient (Wildman–Crippen LogP) is 2.82. The summed E-state index contributed by atoms with van der Waals surface area (Å²) in [6.07, 6.45) is 3.07. The van der Waals surface area contributed by atoms with Crippen molar-refractivity contribution in [1.82, 2.24) is 19.6 Å². The van der Waals surface area contributed by atoms with Crippen LogP contribution in [0.1, 0.15) is 28.0 Å². The van der Waals surface area contributed by atoms with Gasteiger partial charge in [-0.25, -0.2) is 4.79 Å². The Balaban J connectivity index is 1.59. The van der Waals surface area contributed by atoms with E-state index in [1.165, 1.54) is 22.5 Å². The fraction of sp³-hybridized carbons (Fsp3) is 0.222. The van der Waals surface area contributed by atoms with Crippen molar-refractivity contribution in [1.29, 1.82) is 0 Å². The lowest BCUT2D eigenvalue weighted by molar-refractivity contribution is -0.116. The minimum atomic E-state index is -1.09. The summed E-state index contributed by atoms with van der Waals surface area (Å²) in [5, 5.41) is 20.2. The van der Waals surface area contributed by atoms with Gasteiger partial charge in [0.05, 0.1) is 13.1 Å². The molecule has 27 heavy (non-hydrogen) atoms. The molecule has 0 radical (unpaired) electrons. The van der Waals surface area contributed by atoms with Crippen molar-refractivity contribution >= 4 is 29.3 Å². The zero-order valence-electron chi connectivity index (χ0n) is 14.6. The second-order valence-corrected chi connectivity index (χ2v) is 6.46. The van der Waals surface area contributed by atoms with Gasteiger partial charge in [0.1, 0.15) is 10.7 Å². The normalized spacial score (nSPS) is 10.7. The number of carbonyl (C=O) groups excluding carboxylic acids is 1.